The summed E-state index contributed by atoms with van der Waals surface area (Å²) in [6.45, 7) is 10.8. The predicted octanol–water partition coefficient (Wildman–Crippen LogP) is 4.20. The first kappa shape index (κ1) is 26.4. The molecule has 0 atom stereocenters. The van der Waals surface area contributed by atoms with E-state index in [-0.39, 0.29) is 11.8 Å². The number of nitrogens with one attached hydrogen (secondary N) is 2. The zero-order valence-corrected chi connectivity index (χ0v) is 18.1. The van der Waals surface area contributed by atoms with Crippen LogP contribution in [0.25, 0.3) is 0 Å². The highest BCUT2D eigenvalue weighted by Gasteiger charge is 2.03. The van der Waals surface area contributed by atoms with Crippen LogP contribution in [0.4, 0.5) is 0 Å². The number of carbonyl (C=O) groups is 2. The molecular formula is C23H43N3O2. The van der Waals surface area contributed by atoms with E-state index < -0.39 is 0 Å². The average molecular weight is 394 g/mol. The molecule has 0 aliphatic heterocycles. The van der Waals surface area contributed by atoms with Gasteiger partial charge >= 0.3 is 0 Å². The van der Waals surface area contributed by atoms with Crippen molar-refractivity contribution in [2.45, 2.75) is 77.0 Å². The van der Waals surface area contributed by atoms with Crippen LogP contribution in [0, 0.1) is 0 Å². The van der Waals surface area contributed by atoms with E-state index in [0.717, 1.165) is 90.4 Å². The number of amides is 2. The zero-order chi connectivity index (χ0) is 20.9. The first-order valence-electron chi connectivity index (χ1n) is 11.0. The molecule has 2 N–H and O–H groups in total. The summed E-state index contributed by atoms with van der Waals surface area (Å²) in [7, 11) is 2.09. The van der Waals surface area contributed by atoms with E-state index in [9.17, 15) is 9.59 Å². The highest BCUT2D eigenvalue weighted by molar-refractivity contribution is 5.76. The second-order valence-electron chi connectivity index (χ2n) is 7.49. The van der Waals surface area contributed by atoms with Crippen molar-refractivity contribution >= 4 is 11.8 Å². The second-order valence-corrected chi connectivity index (χ2v) is 7.49. The molecule has 162 valence electrons. The fourth-order valence-electron chi connectivity index (χ4n) is 2.94. The Kier molecular flexibility index (Phi) is 19.0. The van der Waals surface area contributed by atoms with Crippen molar-refractivity contribution in [1.29, 1.82) is 0 Å². The first-order chi connectivity index (χ1) is 13.6. The van der Waals surface area contributed by atoms with Crippen molar-refractivity contribution in [2.24, 2.45) is 0 Å². The van der Waals surface area contributed by atoms with Gasteiger partial charge in [0.1, 0.15) is 0 Å². The van der Waals surface area contributed by atoms with E-state index in [1.165, 1.54) is 0 Å². The minimum absolute atomic E-state index is 0.161. The van der Waals surface area contributed by atoms with Crippen LogP contribution < -0.4 is 10.6 Å². The van der Waals surface area contributed by atoms with Crippen LogP contribution in [-0.4, -0.2) is 49.9 Å². The van der Waals surface area contributed by atoms with Gasteiger partial charge in [-0.2, -0.15) is 0 Å². The van der Waals surface area contributed by atoms with E-state index in [1.807, 2.05) is 12.2 Å². The molecule has 0 saturated heterocycles. The summed E-state index contributed by atoms with van der Waals surface area (Å²) < 4.78 is 0. The van der Waals surface area contributed by atoms with Gasteiger partial charge in [0.2, 0.25) is 11.8 Å². The minimum Gasteiger partial charge on any atom is -0.356 e. The summed E-state index contributed by atoms with van der Waals surface area (Å²) in [5, 5.41) is 5.99. The van der Waals surface area contributed by atoms with Crippen LogP contribution in [-0.2, 0) is 9.59 Å². The Morgan fingerprint density at radius 3 is 1.54 bits per heavy atom. The van der Waals surface area contributed by atoms with Crippen molar-refractivity contribution in [2.75, 3.05) is 33.2 Å². The van der Waals surface area contributed by atoms with E-state index in [4.69, 9.17) is 0 Å². The van der Waals surface area contributed by atoms with Crippen molar-refractivity contribution in [1.82, 2.24) is 15.5 Å². The van der Waals surface area contributed by atoms with Gasteiger partial charge in [-0.05, 0) is 71.5 Å². The monoisotopic (exact) mass is 393 g/mol. The molecule has 0 saturated carbocycles. The van der Waals surface area contributed by atoms with Crippen LogP contribution in [0.3, 0.4) is 0 Å². The third-order valence-electron chi connectivity index (χ3n) is 4.70. The SMILES string of the molecule is C=CCCCCCC(=O)NCCCN(C)CCCNC(=O)CCCCCC=C. The lowest BCUT2D eigenvalue weighted by Crippen LogP contribution is -2.30. The first-order valence-corrected chi connectivity index (χ1v) is 11.0. The molecule has 5 nitrogen and oxygen atoms in total. The summed E-state index contributed by atoms with van der Waals surface area (Å²) in [6.07, 6.45) is 15.4. The van der Waals surface area contributed by atoms with E-state index in [2.05, 4.69) is 35.7 Å². The predicted molar refractivity (Wildman–Crippen MR) is 119 cm³/mol. The fourth-order valence-corrected chi connectivity index (χ4v) is 2.94. The molecular weight excluding hydrogens is 350 g/mol. The van der Waals surface area contributed by atoms with Gasteiger partial charge in [-0.3, -0.25) is 9.59 Å². The maximum absolute atomic E-state index is 11.7. The van der Waals surface area contributed by atoms with E-state index >= 15 is 0 Å². The van der Waals surface area contributed by atoms with Gasteiger partial charge in [0.15, 0.2) is 0 Å². The molecule has 0 aromatic heterocycles. The number of hydrogen-bond acceptors (Lipinski definition) is 3. The third-order valence-corrected chi connectivity index (χ3v) is 4.70. The maximum Gasteiger partial charge on any atom is 0.219 e. The van der Waals surface area contributed by atoms with Gasteiger partial charge in [0, 0.05) is 25.9 Å². The molecule has 0 aromatic carbocycles. The molecule has 0 fully saturated rings. The molecule has 0 rings (SSSR count). The number of allylic oxidation sites excluding steroid dienone is 2. The Morgan fingerprint density at radius 1 is 0.714 bits per heavy atom. The van der Waals surface area contributed by atoms with Crippen LogP contribution in [0.2, 0.25) is 0 Å². The van der Waals surface area contributed by atoms with E-state index in [0.29, 0.717) is 12.8 Å². The molecule has 0 spiro atoms. The molecule has 0 unspecified atom stereocenters. The number of nitrogens with zero attached hydrogens (tertiary/aromatic N) is 1. The molecule has 2 amide bonds. The molecule has 0 radical (unpaired) electrons. The lowest BCUT2D eigenvalue weighted by molar-refractivity contribution is -0.122. The highest BCUT2D eigenvalue weighted by atomic mass is 16.2. The smallest absolute Gasteiger partial charge is 0.219 e. The quantitative estimate of drug-likeness (QED) is 0.241. The highest BCUT2D eigenvalue weighted by Crippen LogP contribution is 2.04. The van der Waals surface area contributed by atoms with Crippen molar-refractivity contribution in [3.05, 3.63) is 25.3 Å². The number of rotatable bonds is 20. The Bertz CT molecular complexity index is 386. The van der Waals surface area contributed by atoms with Gasteiger partial charge in [-0.15, -0.1) is 13.2 Å². The summed E-state index contributed by atoms with van der Waals surface area (Å²) >= 11 is 0. The normalized spacial score (nSPS) is 10.6. The van der Waals surface area contributed by atoms with Crippen LogP contribution in [0.15, 0.2) is 25.3 Å². The van der Waals surface area contributed by atoms with Crippen LogP contribution in [0.1, 0.15) is 77.0 Å². The molecule has 0 bridgehead atoms. The van der Waals surface area contributed by atoms with Crippen molar-refractivity contribution in [3.8, 4) is 0 Å². The zero-order valence-electron chi connectivity index (χ0n) is 18.1. The third kappa shape index (κ3) is 19.2. The molecule has 5 heteroatoms. The fraction of sp³-hybridized carbons (Fsp3) is 0.739. The second kappa shape index (κ2) is 20.1. The van der Waals surface area contributed by atoms with Gasteiger partial charge < -0.3 is 15.5 Å². The number of hydrogen-bond donors (Lipinski definition) is 2. The average Bonchev–Trinajstić information content (AvgIpc) is 2.68. The van der Waals surface area contributed by atoms with Crippen molar-refractivity contribution < 1.29 is 9.59 Å². The number of unbranched alkanes of at least 4 members (excludes halogenated alkanes) is 6. The molecule has 28 heavy (non-hydrogen) atoms. The minimum atomic E-state index is 0.161. The van der Waals surface area contributed by atoms with Crippen LogP contribution in [0.5, 0.6) is 0 Å². The Hall–Kier alpha value is -1.62. The maximum atomic E-state index is 11.7. The van der Waals surface area contributed by atoms with Gasteiger partial charge in [0.05, 0.1) is 0 Å². The van der Waals surface area contributed by atoms with Gasteiger partial charge in [-0.1, -0.05) is 25.0 Å². The Balaban J connectivity index is 3.44. The van der Waals surface area contributed by atoms with Gasteiger partial charge in [-0.25, -0.2) is 0 Å². The largest absolute Gasteiger partial charge is 0.356 e. The lowest BCUT2D eigenvalue weighted by Gasteiger charge is -2.16. The Labute approximate surface area is 173 Å². The summed E-state index contributed by atoms with van der Waals surface area (Å²) in [4.78, 5) is 25.7. The van der Waals surface area contributed by atoms with Crippen molar-refractivity contribution in [3.63, 3.8) is 0 Å². The number of carbonyl (C=O) groups excluding carboxylic acids is 2. The van der Waals surface area contributed by atoms with E-state index in [1.54, 1.807) is 0 Å². The molecule has 0 heterocycles. The summed E-state index contributed by atoms with van der Waals surface area (Å²) in [5.41, 5.74) is 0. The molecule has 0 aliphatic rings. The standard InChI is InChI=1S/C23H43N3O2/c1-4-6-8-10-12-16-22(27)24-18-14-20-26(3)21-15-19-25-23(28)17-13-11-9-7-5-2/h4-5H,1-2,6-21H2,3H3,(H,24,27)(H,25,28). The Morgan fingerprint density at radius 2 is 1.14 bits per heavy atom. The molecule has 0 aliphatic carbocycles. The molecule has 0 aromatic rings. The van der Waals surface area contributed by atoms with Crippen LogP contribution >= 0.6 is 0 Å². The summed E-state index contributed by atoms with van der Waals surface area (Å²) in [6, 6.07) is 0. The summed E-state index contributed by atoms with van der Waals surface area (Å²) in [5.74, 6) is 0.321. The topological polar surface area (TPSA) is 61.4 Å². The lowest BCUT2D eigenvalue weighted by atomic mass is 10.1. The van der Waals surface area contributed by atoms with Gasteiger partial charge in [0.25, 0.3) is 0 Å².